The second-order valence-electron chi connectivity index (χ2n) is 12.3. The summed E-state index contributed by atoms with van der Waals surface area (Å²) in [5.41, 5.74) is 2.12. The molecule has 11 nitrogen and oxygen atoms in total. The highest BCUT2D eigenvalue weighted by molar-refractivity contribution is 7.12. The number of rotatable bonds is 9. The fraction of sp³-hybridized carbons (Fsp3) is 0.306. The van der Waals surface area contributed by atoms with Crippen LogP contribution in [0.25, 0.3) is 22.4 Å². The number of ether oxygens (including phenoxy) is 2. The number of anilines is 1. The number of nitriles is 1. The first kappa shape index (κ1) is 34.1. The molecule has 12 heteroatoms. The summed E-state index contributed by atoms with van der Waals surface area (Å²) in [6.07, 6.45) is 0.0852. The fourth-order valence-corrected chi connectivity index (χ4v) is 6.56. The van der Waals surface area contributed by atoms with Crippen molar-refractivity contribution in [3.05, 3.63) is 88.1 Å². The van der Waals surface area contributed by atoms with Crippen molar-refractivity contribution in [2.75, 3.05) is 32.3 Å². The lowest BCUT2D eigenvalue weighted by Gasteiger charge is -2.43. The van der Waals surface area contributed by atoms with Gasteiger partial charge in [0, 0.05) is 48.5 Å². The van der Waals surface area contributed by atoms with Gasteiger partial charge in [-0.25, -0.2) is 9.78 Å². The smallest absolute Gasteiger partial charge is 0.407 e. The molecule has 1 aliphatic heterocycles. The molecule has 1 saturated heterocycles. The molecule has 0 spiro atoms. The van der Waals surface area contributed by atoms with Gasteiger partial charge in [0.05, 0.1) is 10.6 Å². The number of nitrogens with one attached hydrogen (secondary N) is 1. The molecule has 2 aromatic carbocycles. The van der Waals surface area contributed by atoms with Crippen LogP contribution in [0.1, 0.15) is 59.2 Å². The van der Waals surface area contributed by atoms with E-state index in [0.29, 0.717) is 64.5 Å². The van der Waals surface area contributed by atoms with Gasteiger partial charge in [-0.1, -0.05) is 30.3 Å². The molecule has 0 saturated carbocycles. The fourth-order valence-electron chi connectivity index (χ4n) is 5.94. The first-order valence-corrected chi connectivity index (χ1v) is 16.3. The van der Waals surface area contributed by atoms with E-state index in [1.807, 2.05) is 39.0 Å². The number of carbonyl (C=O) groups excluding carboxylic acids is 2. The molecule has 1 aliphatic rings. The van der Waals surface area contributed by atoms with E-state index in [9.17, 15) is 24.8 Å². The lowest BCUT2D eigenvalue weighted by atomic mass is 9.95. The predicted molar refractivity (Wildman–Crippen MR) is 183 cm³/mol. The van der Waals surface area contributed by atoms with Gasteiger partial charge in [0.1, 0.15) is 17.4 Å². The minimum atomic E-state index is -0.969. The zero-order valence-electron chi connectivity index (χ0n) is 27.2. The van der Waals surface area contributed by atoms with Gasteiger partial charge in [-0.15, -0.1) is 11.3 Å². The molecule has 1 fully saturated rings. The zero-order valence-corrected chi connectivity index (χ0v) is 28.0. The monoisotopic (exact) mass is 667 g/mol. The predicted octanol–water partition coefficient (Wildman–Crippen LogP) is 6.97. The summed E-state index contributed by atoms with van der Waals surface area (Å²) in [5.74, 6) is -0.0181. The van der Waals surface area contributed by atoms with Crippen molar-refractivity contribution in [3.8, 4) is 34.2 Å². The average Bonchev–Trinajstić information content (AvgIpc) is 3.62. The van der Waals surface area contributed by atoms with Crippen molar-refractivity contribution in [2.24, 2.45) is 0 Å². The van der Waals surface area contributed by atoms with Crippen molar-refractivity contribution >= 4 is 35.1 Å². The van der Waals surface area contributed by atoms with Crippen LogP contribution in [0, 0.1) is 11.3 Å². The molecule has 5 rings (SSSR count). The van der Waals surface area contributed by atoms with E-state index in [0.717, 1.165) is 0 Å². The maximum absolute atomic E-state index is 13.8. The minimum Gasteiger partial charge on any atom is -0.467 e. The molecule has 0 bridgehead atoms. The molecule has 248 valence electrons. The number of nitrogens with zero attached hydrogens (tertiary/aromatic N) is 4. The Morgan fingerprint density at radius 2 is 1.81 bits per heavy atom. The molecule has 3 amide bonds. The van der Waals surface area contributed by atoms with Crippen molar-refractivity contribution in [3.63, 3.8) is 0 Å². The van der Waals surface area contributed by atoms with Crippen LogP contribution >= 0.6 is 11.3 Å². The van der Waals surface area contributed by atoms with Crippen LogP contribution in [-0.4, -0.2) is 76.4 Å². The Morgan fingerprint density at radius 1 is 1.06 bits per heavy atom. The second-order valence-corrected chi connectivity index (χ2v) is 13.2. The molecule has 4 aromatic rings. The van der Waals surface area contributed by atoms with E-state index in [4.69, 9.17) is 14.5 Å². The standard InChI is InChI=1S/C36H37N5O6S/c1-36(2,3)41(35(44)45)25-14-16-40(17-15-25)34(43)24-10-7-9-23(19-24)27-20-29(26-11-5-6-12-30(26)47-22-46-4)38-32(28(27)21-37)39-33(42)31-13-8-18-48-31/h5-13,18-20,25H,14-17,22H2,1-4H3,(H,44,45)(H,38,39,42). The molecule has 2 aromatic heterocycles. The molecular weight excluding hydrogens is 630 g/mol. The van der Waals surface area contributed by atoms with Crippen molar-refractivity contribution in [1.29, 1.82) is 5.26 Å². The Balaban J connectivity index is 1.51. The summed E-state index contributed by atoms with van der Waals surface area (Å²) >= 11 is 1.27. The van der Waals surface area contributed by atoms with Crippen LogP contribution in [0.2, 0.25) is 0 Å². The third kappa shape index (κ3) is 7.48. The van der Waals surface area contributed by atoms with Gasteiger partial charge in [-0.3, -0.25) is 9.59 Å². The van der Waals surface area contributed by atoms with Gasteiger partial charge < -0.3 is 29.7 Å². The topological polar surface area (TPSA) is 145 Å². The Kier molecular flexibility index (Phi) is 10.4. The SMILES string of the molecule is COCOc1ccccc1-c1cc(-c2cccc(C(=O)N3CCC(N(C(=O)O)C(C)(C)C)CC3)c2)c(C#N)c(NC(=O)c2cccs2)n1. The normalized spacial score (nSPS) is 13.4. The van der Waals surface area contributed by atoms with Crippen LogP contribution in [0.3, 0.4) is 0 Å². The number of piperidine rings is 1. The third-order valence-corrected chi connectivity index (χ3v) is 8.94. The largest absolute Gasteiger partial charge is 0.467 e. The maximum atomic E-state index is 13.8. The number of thiophene rings is 1. The number of para-hydroxylation sites is 1. The van der Waals surface area contributed by atoms with Gasteiger partial charge in [0.15, 0.2) is 12.6 Å². The van der Waals surface area contributed by atoms with E-state index in [1.165, 1.54) is 23.3 Å². The minimum absolute atomic E-state index is 0.00800. The van der Waals surface area contributed by atoms with E-state index < -0.39 is 17.5 Å². The highest BCUT2D eigenvalue weighted by atomic mass is 32.1. The first-order valence-electron chi connectivity index (χ1n) is 15.4. The molecule has 0 atom stereocenters. The molecule has 0 aliphatic carbocycles. The van der Waals surface area contributed by atoms with E-state index in [-0.39, 0.29) is 30.1 Å². The number of benzene rings is 2. The number of aromatic nitrogens is 1. The highest BCUT2D eigenvalue weighted by Gasteiger charge is 2.36. The Bertz CT molecular complexity index is 1840. The van der Waals surface area contributed by atoms with Gasteiger partial charge >= 0.3 is 6.09 Å². The Morgan fingerprint density at radius 3 is 2.46 bits per heavy atom. The molecule has 0 radical (unpaired) electrons. The number of amides is 3. The first-order chi connectivity index (χ1) is 23.0. The number of carboxylic acid groups (broad SMARTS) is 1. The Labute approximate surface area is 283 Å². The van der Waals surface area contributed by atoms with Crippen molar-refractivity contribution < 1.29 is 29.0 Å². The number of hydrogen-bond acceptors (Lipinski definition) is 8. The molecular formula is C36H37N5O6S. The molecule has 48 heavy (non-hydrogen) atoms. The number of hydrogen-bond donors (Lipinski definition) is 2. The lowest BCUT2D eigenvalue weighted by Crippen LogP contribution is -2.55. The van der Waals surface area contributed by atoms with Crippen molar-refractivity contribution in [1.82, 2.24) is 14.8 Å². The summed E-state index contributed by atoms with van der Waals surface area (Å²) in [6.45, 7) is 6.44. The van der Waals surface area contributed by atoms with E-state index >= 15 is 0 Å². The van der Waals surface area contributed by atoms with Crippen LogP contribution < -0.4 is 10.1 Å². The van der Waals surface area contributed by atoms with Crippen LogP contribution in [0.5, 0.6) is 5.75 Å². The number of methoxy groups -OCH3 is 1. The summed E-state index contributed by atoms with van der Waals surface area (Å²) in [6, 6.07) is 21.5. The highest BCUT2D eigenvalue weighted by Crippen LogP contribution is 2.37. The van der Waals surface area contributed by atoms with Gasteiger partial charge in [-0.2, -0.15) is 5.26 Å². The molecule has 3 heterocycles. The summed E-state index contributed by atoms with van der Waals surface area (Å²) < 4.78 is 10.9. The quantitative estimate of drug-likeness (QED) is 0.182. The zero-order chi connectivity index (χ0) is 34.4. The maximum Gasteiger partial charge on any atom is 0.407 e. The lowest BCUT2D eigenvalue weighted by molar-refractivity contribution is 0.0383. The van der Waals surface area contributed by atoms with Gasteiger partial charge in [-0.05, 0) is 81.0 Å². The average molecular weight is 668 g/mol. The van der Waals surface area contributed by atoms with Gasteiger partial charge in [0.2, 0.25) is 0 Å². The number of pyridine rings is 1. The number of likely N-dealkylation sites (tertiary alicyclic amines) is 1. The summed E-state index contributed by atoms with van der Waals surface area (Å²) in [7, 11) is 1.52. The van der Waals surface area contributed by atoms with Crippen LogP contribution in [0.4, 0.5) is 10.6 Å². The second kappa shape index (κ2) is 14.7. The Hall–Kier alpha value is -5.25. The molecule has 2 N–H and O–H groups in total. The number of carbonyl (C=O) groups is 3. The summed E-state index contributed by atoms with van der Waals surface area (Å²) in [5, 5.41) is 24.8. The van der Waals surface area contributed by atoms with Crippen LogP contribution in [0.15, 0.2) is 72.1 Å². The van der Waals surface area contributed by atoms with Crippen molar-refractivity contribution in [2.45, 2.75) is 45.2 Å². The van der Waals surface area contributed by atoms with Crippen LogP contribution in [-0.2, 0) is 4.74 Å². The van der Waals surface area contributed by atoms with E-state index in [1.54, 1.807) is 58.8 Å². The van der Waals surface area contributed by atoms with Gasteiger partial charge in [0.25, 0.3) is 11.8 Å². The summed E-state index contributed by atoms with van der Waals surface area (Å²) in [4.78, 5) is 47.3. The molecule has 0 unspecified atom stereocenters. The third-order valence-electron chi connectivity index (χ3n) is 8.07. The van der Waals surface area contributed by atoms with E-state index in [2.05, 4.69) is 11.4 Å².